The van der Waals surface area contributed by atoms with Gasteiger partial charge in [-0.2, -0.15) is 0 Å². The molecule has 0 aliphatic carbocycles. The van der Waals surface area contributed by atoms with Crippen molar-refractivity contribution in [2.24, 2.45) is 10.9 Å². The number of aryl methyl sites for hydroxylation is 1. The Balaban J connectivity index is 1.59. The predicted molar refractivity (Wildman–Crippen MR) is 132 cm³/mol. The smallest absolute Gasteiger partial charge is 0.255 e. The van der Waals surface area contributed by atoms with Crippen LogP contribution in [0.1, 0.15) is 59.7 Å². The first-order valence-electron chi connectivity index (χ1n) is 12.3. The van der Waals surface area contributed by atoms with Crippen LogP contribution < -0.4 is 10.4 Å². The van der Waals surface area contributed by atoms with Crippen LogP contribution in [0, 0.1) is 5.92 Å². The first kappa shape index (κ1) is 24.1. The van der Waals surface area contributed by atoms with E-state index in [0.29, 0.717) is 24.1 Å². The standard InChI is InChI=1S/C26H35N5O3/c1-19(10-15-34-3)25(32)31-14-9-22(17-23(31)27-2)30-13-7-8-20-16-21(18-28-24(20)30)26(33)29-11-5-4-6-12-29/h9,14,16-19H,4-8,10-13,15H2,1-3H3/b27-23-. The number of fused-ring (bicyclic) bond motifs is 1. The lowest BCUT2D eigenvalue weighted by atomic mass is 10.0. The Hall–Kier alpha value is -3.00. The fourth-order valence-corrected chi connectivity index (χ4v) is 4.77. The molecule has 0 aromatic carbocycles. The van der Waals surface area contributed by atoms with Crippen molar-refractivity contribution in [1.82, 2.24) is 14.5 Å². The highest BCUT2D eigenvalue weighted by Gasteiger charge is 2.24. The largest absolute Gasteiger partial charge is 0.385 e. The number of rotatable bonds is 6. The highest BCUT2D eigenvalue weighted by Crippen LogP contribution is 2.32. The van der Waals surface area contributed by atoms with Gasteiger partial charge in [-0.05, 0) is 56.2 Å². The van der Waals surface area contributed by atoms with Crippen molar-refractivity contribution in [2.75, 3.05) is 45.3 Å². The first-order chi connectivity index (χ1) is 16.5. The van der Waals surface area contributed by atoms with Crippen molar-refractivity contribution < 1.29 is 14.3 Å². The summed E-state index contributed by atoms with van der Waals surface area (Å²) in [5, 5.41) is 0. The third kappa shape index (κ3) is 5.06. The Morgan fingerprint density at radius 3 is 2.68 bits per heavy atom. The number of pyridine rings is 2. The van der Waals surface area contributed by atoms with Crippen molar-refractivity contribution >= 4 is 23.3 Å². The van der Waals surface area contributed by atoms with E-state index in [4.69, 9.17) is 9.72 Å². The van der Waals surface area contributed by atoms with Crippen LogP contribution in [0.4, 0.5) is 11.5 Å². The minimum atomic E-state index is -0.162. The highest BCUT2D eigenvalue weighted by molar-refractivity contribution is 5.94. The molecule has 1 unspecified atom stereocenters. The average molecular weight is 466 g/mol. The van der Waals surface area contributed by atoms with Crippen molar-refractivity contribution in [1.29, 1.82) is 0 Å². The number of amides is 1. The van der Waals surface area contributed by atoms with E-state index in [0.717, 1.165) is 62.4 Å². The fraction of sp³-hybridized carbons (Fsp3) is 0.538. The van der Waals surface area contributed by atoms with Gasteiger partial charge < -0.3 is 14.5 Å². The van der Waals surface area contributed by atoms with Gasteiger partial charge in [0.05, 0.1) is 5.56 Å². The molecule has 8 nitrogen and oxygen atoms in total. The molecule has 2 aromatic heterocycles. The predicted octanol–water partition coefficient (Wildman–Crippen LogP) is 3.44. The normalized spacial score (nSPS) is 17.4. The molecule has 4 heterocycles. The van der Waals surface area contributed by atoms with E-state index in [9.17, 15) is 9.59 Å². The number of anilines is 2. The molecule has 182 valence electrons. The molecular weight excluding hydrogens is 430 g/mol. The summed E-state index contributed by atoms with van der Waals surface area (Å²) < 4.78 is 6.74. The van der Waals surface area contributed by atoms with Crippen LogP contribution in [0.3, 0.4) is 0 Å². The summed E-state index contributed by atoms with van der Waals surface area (Å²) in [7, 11) is 3.34. The highest BCUT2D eigenvalue weighted by atomic mass is 16.5. The zero-order valence-electron chi connectivity index (χ0n) is 20.5. The average Bonchev–Trinajstić information content (AvgIpc) is 2.90. The van der Waals surface area contributed by atoms with Gasteiger partial charge >= 0.3 is 0 Å². The van der Waals surface area contributed by atoms with Gasteiger partial charge in [-0.3, -0.25) is 19.1 Å². The summed E-state index contributed by atoms with van der Waals surface area (Å²) in [6.45, 7) is 4.94. The molecule has 2 aromatic rings. The van der Waals surface area contributed by atoms with Crippen LogP contribution in [0.5, 0.6) is 0 Å². The quantitative estimate of drug-likeness (QED) is 0.653. The maximum Gasteiger partial charge on any atom is 0.255 e. The lowest BCUT2D eigenvalue weighted by molar-refractivity contribution is 0.0723. The van der Waals surface area contributed by atoms with Crippen molar-refractivity contribution in [3.05, 3.63) is 47.2 Å². The Morgan fingerprint density at radius 2 is 1.94 bits per heavy atom. The van der Waals surface area contributed by atoms with E-state index in [2.05, 4.69) is 9.89 Å². The maximum absolute atomic E-state index is 13.0. The molecule has 0 N–H and O–H groups in total. The number of ether oxygens (including phenoxy) is 1. The van der Waals surface area contributed by atoms with Crippen LogP contribution >= 0.6 is 0 Å². The number of piperidine rings is 1. The summed E-state index contributed by atoms with van der Waals surface area (Å²) >= 11 is 0. The second-order valence-corrected chi connectivity index (χ2v) is 9.17. The van der Waals surface area contributed by atoms with Gasteiger partial charge in [0.15, 0.2) is 0 Å². The second kappa shape index (κ2) is 11.0. The number of hydrogen-bond acceptors (Lipinski definition) is 6. The fourth-order valence-electron chi connectivity index (χ4n) is 4.77. The molecule has 8 heteroatoms. The van der Waals surface area contributed by atoms with Crippen LogP contribution in [-0.4, -0.2) is 66.7 Å². The number of carbonyl (C=O) groups is 2. The SMILES string of the molecule is C/N=c1/cc(N2CCCc3cc(C(=O)N4CCCCC4)cnc32)ccn1C(=O)C(C)CCOC. The van der Waals surface area contributed by atoms with E-state index < -0.39 is 0 Å². The summed E-state index contributed by atoms with van der Waals surface area (Å²) in [5.41, 5.74) is 3.31. The molecule has 34 heavy (non-hydrogen) atoms. The van der Waals surface area contributed by atoms with E-state index in [1.165, 1.54) is 6.42 Å². The minimum Gasteiger partial charge on any atom is -0.385 e. The summed E-state index contributed by atoms with van der Waals surface area (Å²) in [4.78, 5) is 39.1. The van der Waals surface area contributed by atoms with Crippen LogP contribution in [0.25, 0.3) is 0 Å². The number of hydrogen-bond donors (Lipinski definition) is 0. The van der Waals surface area contributed by atoms with Gasteiger partial charge in [-0.1, -0.05) is 6.92 Å². The lowest BCUT2D eigenvalue weighted by Crippen LogP contribution is -2.36. The lowest BCUT2D eigenvalue weighted by Gasteiger charge is -2.31. The molecule has 0 spiro atoms. The summed E-state index contributed by atoms with van der Waals surface area (Å²) in [6, 6.07) is 5.89. The third-order valence-corrected chi connectivity index (χ3v) is 6.79. The number of likely N-dealkylation sites (tertiary alicyclic amines) is 1. The van der Waals surface area contributed by atoms with E-state index >= 15 is 0 Å². The van der Waals surface area contributed by atoms with Crippen LogP contribution in [0.15, 0.2) is 35.6 Å². The van der Waals surface area contributed by atoms with Gasteiger partial charge in [0.1, 0.15) is 11.3 Å². The Labute approximate surface area is 201 Å². The van der Waals surface area contributed by atoms with E-state index in [1.807, 2.05) is 30.0 Å². The van der Waals surface area contributed by atoms with Crippen LogP contribution in [-0.2, 0) is 11.2 Å². The molecule has 0 saturated carbocycles. The van der Waals surface area contributed by atoms with Gasteiger partial charge in [0.2, 0.25) is 5.91 Å². The van der Waals surface area contributed by atoms with Gasteiger partial charge in [-0.15, -0.1) is 0 Å². The van der Waals surface area contributed by atoms with Gasteiger partial charge in [-0.25, -0.2) is 4.98 Å². The number of methoxy groups -OCH3 is 1. The zero-order valence-corrected chi connectivity index (χ0v) is 20.5. The molecule has 1 saturated heterocycles. The monoisotopic (exact) mass is 465 g/mol. The molecule has 2 aliphatic heterocycles. The molecule has 1 atom stereocenters. The number of aromatic nitrogens is 2. The molecule has 1 amide bonds. The van der Waals surface area contributed by atoms with Crippen molar-refractivity contribution in [3.8, 4) is 0 Å². The van der Waals surface area contributed by atoms with E-state index in [-0.39, 0.29) is 17.7 Å². The van der Waals surface area contributed by atoms with E-state index in [1.54, 1.807) is 31.1 Å². The topological polar surface area (TPSA) is 80.0 Å². The zero-order chi connectivity index (χ0) is 24.1. The van der Waals surface area contributed by atoms with Gasteiger partial charge in [0, 0.05) is 70.5 Å². The van der Waals surface area contributed by atoms with Gasteiger partial charge in [0.25, 0.3) is 5.91 Å². The molecular formula is C26H35N5O3. The maximum atomic E-state index is 13.0. The first-order valence-corrected chi connectivity index (χ1v) is 12.3. The third-order valence-electron chi connectivity index (χ3n) is 6.79. The molecule has 4 rings (SSSR count). The molecule has 2 aliphatic rings. The molecule has 0 bridgehead atoms. The summed E-state index contributed by atoms with van der Waals surface area (Å²) in [6.07, 6.45) is 9.38. The number of nitrogens with zero attached hydrogens (tertiary/aromatic N) is 5. The molecule has 0 radical (unpaired) electrons. The Morgan fingerprint density at radius 1 is 1.15 bits per heavy atom. The van der Waals surface area contributed by atoms with Crippen molar-refractivity contribution in [2.45, 2.75) is 45.4 Å². The molecule has 1 fully saturated rings. The van der Waals surface area contributed by atoms with Crippen molar-refractivity contribution in [3.63, 3.8) is 0 Å². The van der Waals surface area contributed by atoms with Crippen LogP contribution in [0.2, 0.25) is 0 Å². The Bertz CT molecular complexity index is 1100. The number of carbonyl (C=O) groups excluding carboxylic acids is 2. The Kier molecular flexibility index (Phi) is 7.77. The second-order valence-electron chi connectivity index (χ2n) is 9.17. The minimum absolute atomic E-state index is 0.00207. The summed E-state index contributed by atoms with van der Waals surface area (Å²) in [5.74, 6) is 0.800.